The van der Waals surface area contributed by atoms with Gasteiger partial charge in [0.15, 0.2) is 0 Å². The van der Waals surface area contributed by atoms with Crippen molar-refractivity contribution < 1.29 is 0 Å². The summed E-state index contributed by atoms with van der Waals surface area (Å²) in [5, 5.41) is 3.59. The Kier molecular flexibility index (Phi) is 4.04. The highest BCUT2D eigenvalue weighted by Crippen LogP contribution is 2.28. The lowest BCUT2D eigenvalue weighted by molar-refractivity contribution is 0.218. The van der Waals surface area contributed by atoms with Crippen LogP contribution in [0.25, 0.3) is 10.4 Å². The highest BCUT2D eigenvalue weighted by molar-refractivity contribution is 4.90. The molecule has 0 saturated carbocycles. The highest BCUT2D eigenvalue weighted by Gasteiger charge is 2.34. The van der Waals surface area contributed by atoms with Crippen molar-refractivity contribution in [3.05, 3.63) is 10.4 Å². The fraction of sp³-hybridized carbons (Fsp3) is 1.00. The van der Waals surface area contributed by atoms with Gasteiger partial charge in [0.05, 0.1) is 0 Å². The van der Waals surface area contributed by atoms with E-state index >= 15 is 0 Å². The van der Waals surface area contributed by atoms with E-state index in [0.717, 1.165) is 25.0 Å². The summed E-state index contributed by atoms with van der Waals surface area (Å²) in [6, 6.07) is 1.57. The topological polar surface area (TPSA) is 55.2 Å². The first-order valence-electron chi connectivity index (χ1n) is 6.26. The maximum absolute atomic E-state index is 8.21. The van der Waals surface area contributed by atoms with Gasteiger partial charge in [-0.3, -0.25) is 4.90 Å². The Bertz CT molecular complexity index is 274. The first kappa shape index (κ1) is 11.7. The molecule has 0 aromatic heterocycles. The second kappa shape index (κ2) is 5.53. The van der Waals surface area contributed by atoms with E-state index in [0.29, 0.717) is 6.54 Å². The van der Waals surface area contributed by atoms with E-state index < -0.39 is 0 Å². The third-order valence-corrected chi connectivity index (χ3v) is 4.03. The largest absolute Gasteiger partial charge is 0.302 e. The molecule has 0 aromatic carbocycles. The van der Waals surface area contributed by atoms with Gasteiger partial charge in [0.1, 0.15) is 0 Å². The Hall–Kier alpha value is -0.770. The molecule has 0 aliphatic carbocycles. The highest BCUT2D eigenvalue weighted by atomic mass is 15.3. The average Bonchev–Trinajstić information content (AvgIpc) is 2.51. The summed E-state index contributed by atoms with van der Waals surface area (Å²) in [5.74, 6) is 0. The van der Waals surface area contributed by atoms with Gasteiger partial charge in [-0.15, -0.1) is 0 Å². The van der Waals surface area contributed by atoms with Crippen LogP contribution in [0, 0.1) is 0 Å². The molecule has 2 fully saturated rings. The molecule has 2 aliphatic rings. The van der Waals surface area contributed by atoms with Crippen LogP contribution in [0.15, 0.2) is 5.11 Å². The molecule has 2 heterocycles. The molecule has 2 bridgehead atoms. The normalized spacial score (nSPS) is 31.1. The number of hydrogen-bond donors (Lipinski definition) is 0. The van der Waals surface area contributed by atoms with Gasteiger partial charge in [-0.2, -0.15) is 0 Å². The smallest absolute Gasteiger partial charge is 0.0270 e. The van der Waals surface area contributed by atoms with Crippen LogP contribution in [0.1, 0.15) is 25.7 Å². The van der Waals surface area contributed by atoms with Crippen LogP contribution in [0.4, 0.5) is 0 Å². The molecule has 0 N–H and O–H groups in total. The van der Waals surface area contributed by atoms with Crippen LogP contribution < -0.4 is 0 Å². The van der Waals surface area contributed by atoms with Crippen molar-refractivity contribution >= 4 is 0 Å². The maximum atomic E-state index is 8.21. The monoisotopic (exact) mass is 223 g/mol. The van der Waals surface area contributed by atoms with Crippen LogP contribution in [0.3, 0.4) is 0 Å². The number of azide groups is 1. The van der Waals surface area contributed by atoms with Crippen LogP contribution >= 0.6 is 0 Å². The summed E-state index contributed by atoms with van der Waals surface area (Å²) in [6.07, 6.45) is 5.03. The third kappa shape index (κ3) is 2.67. The lowest BCUT2D eigenvalue weighted by atomic mass is 10.1. The summed E-state index contributed by atoms with van der Waals surface area (Å²) in [5.41, 5.74) is 8.21. The number of nitrogens with zero attached hydrogens (tertiary/aromatic N) is 5. The summed E-state index contributed by atoms with van der Waals surface area (Å²) in [4.78, 5) is 7.88. The number of likely N-dealkylation sites (N-methyl/N-ethyl adjacent to an activating group) is 1. The predicted molar refractivity (Wildman–Crippen MR) is 64.3 cm³/mol. The summed E-state index contributed by atoms with van der Waals surface area (Å²) >= 11 is 0. The lowest BCUT2D eigenvalue weighted by Crippen LogP contribution is -2.37. The van der Waals surface area contributed by atoms with E-state index in [9.17, 15) is 0 Å². The predicted octanol–water partition coefficient (Wildman–Crippen LogP) is 1.86. The molecule has 2 unspecified atom stereocenters. The molecular weight excluding hydrogens is 202 g/mol. The molecule has 0 radical (unpaired) electrons. The van der Waals surface area contributed by atoms with Gasteiger partial charge in [0.25, 0.3) is 0 Å². The SMILES string of the molecule is CN1C2CCC1CN(CCCN=[N+]=[N-])CC2. The molecule has 0 aromatic rings. The van der Waals surface area contributed by atoms with E-state index in [1.165, 1.54) is 32.4 Å². The maximum Gasteiger partial charge on any atom is 0.0270 e. The minimum Gasteiger partial charge on any atom is -0.302 e. The first-order valence-corrected chi connectivity index (χ1v) is 6.26. The second-order valence-corrected chi connectivity index (χ2v) is 4.95. The van der Waals surface area contributed by atoms with Gasteiger partial charge < -0.3 is 4.90 Å². The van der Waals surface area contributed by atoms with E-state index in [1.54, 1.807) is 0 Å². The number of hydrogen-bond acceptors (Lipinski definition) is 3. The Morgan fingerprint density at radius 2 is 2.12 bits per heavy atom. The van der Waals surface area contributed by atoms with Crippen molar-refractivity contribution in [1.29, 1.82) is 0 Å². The van der Waals surface area contributed by atoms with Gasteiger partial charge in [0, 0.05) is 30.1 Å². The zero-order valence-corrected chi connectivity index (χ0v) is 10.0. The molecule has 2 rings (SSSR count). The molecule has 5 heteroatoms. The molecular formula is C11H21N5. The zero-order valence-electron chi connectivity index (χ0n) is 10.0. The van der Waals surface area contributed by atoms with Gasteiger partial charge >= 0.3 is 0 Å². The fourth-order valence-corrected chi connectivity index (χ4v) is 2.99. The third-order valence-electron chi connectivity index (χ3n) is 4.03. The van der Waals surface area contributed by atoms with E-state index in [2.05, 4.69) is 26.9 Å². The van der Waals surface area contributed by atoms with Gasteiger partial charge in [0.2, 0.25) is 0 Å². The molecule has 2 aliphatic heterocycles. The van der Waals surface area contributed by atoms with E-state index in [-0.39, 0.29) is 0 Å². The van der Waals surface area contributed by atoms with Crippen molar-refractivity contribution in [2.45, 2.75) is 37.8 Å². The van der Waals surface area contributed by atoms with Crippen molar-refractivity contribution in [3.8, 4) is 0 Å². The van der Waals surface area contributed by atoms with Gasteiger partial charge in [-0.25, -0.2) is 0 Å². The number of fused-ring (bicyclic) bond motifs is 2. The van der Waals surface area contributed by atoms with Crippen LogP contribution in [-0.4, -0.2) is 55.1 Å². The zero-order chi connectivity index (χ0) is 11.4. The van der Waals surface area contributed by atoms with Crippen molar-refractivity contribution in [3.63, 3.8) is 0 Å². The molecule has 2 atom stereocenters. The van der Waals surface area contributed by atoms with Crippen LogP contribution in [0.2, 0.25) is 0 Å². The fourth-order valence-electron chi connectivity index (χ4n) is 2.99. The summed E-state index contributed by atoms with van der Waals surface area (Å²) < 4.78 is 0. The Morgan fingerprint density at radius 3 is 2.94 bits per heavy atom. The van der Waals surface area contributed by atoms with Gasteiger partial charge in [-0.05, 0) is 51.4 Å². The molecule has 0 amide bonds. The minimum atomic E-state index is 0.636. The van der Waals surface area contributed by atoms with Crippen LogP contribution in [-0.2, 0) is 0 Å². The average molecular weight is 223 g/mol. The summed E-state index contributed by atoms with van der Waals surface area (Å²) in [7, 11) is 2.27. The number of likely N-dealkylation sites (tertiary alicyclic amines) is 1. The minimum absolute atomic E-state index is 0.636. The standard InChI is InChI=1S/C11H21N5/c1-15-10-3-4-11(15)9-16(8-5-10)7-2-6-13-14-12/h10-11H,2-9H2,1H3. The van der Waals surface area contributed by atoms with Crippen molar-refractivity contribution in [1.82, 2.24) is 9.80 Å². The lowest BCUT2D eigenvalue weighted by Gasteiger charge is -2.25. The van der Waals surface area contributed by atoms with Crippen molar-refractivity contribution in [2.75, 3.05) is 33.2 Å². The Morgan fingerprint density at radius 1 is 1.31 bits per heavy atom. The summed E-state index contributed by atoms with van der Waals surface area (Å²) in [6.45, 7) is 4.12. The van der Waals surface area contributed by atoms with E-state index in [4.69, 9.17) is 5.53 Å². The van der Waals surface area contributed by atoms with Crippen molar-refractivity contribution in [2.24, 2.45) is 5.11 Å². The number of rotatable bonds is 4. The Labute approximate surface area is 97.0 Å². The first-order chi connectivity index (χ1) is 7.81. The van der Waals surface area contributed by atoms with Crippen LogP contribution in [0.5, 0.6) is 0 Å². The Balaban J connectivity index is 1.77. The molecule has 90 valence electrons. The molecule has 2 saturated heterocycles. The quantitative estimate of drug-likeness (QED) is 0.316. The molecule has 5 nitrogen and oxygen atoms in total. The van der Waals surface area contributed by atoms with E-state index in [1.807, 2.05) is 0 Å². The second-order valence-electron chi connectivity index (χ2n) is 4.95. The molecule has 0 spiro atoms. The molecule has 16 heavy (non-hydrogen) atoms. The van der Waals surface area contributed by atoms with Gasteiger partial charge in [-0.1, -0.05) is 5.11 Å².